The number of nitrogens with one attached hydrogen (secondary N) is 2. The van der Waals surface area contributed by atoms with Gasteiger partial charge in [0.05, 0.1) is 0 Å². The van der Waals surface area contributed by atoms with Gasteiger partial charge < -0.3 is 21.5 Å². The lowest BCUT2D eigenvalue weighted by atomic mass is 10.1. The number of unbranched alkanes of at least 4 members (excludes halogenated alkanes) is 1. The molecular weight excluding hydrogens is 298 g/mol. The number of benzene rings is 1. The molecule has 0 bridgehead atoms. The highest BCUT2D eigenvalue weighted by Gasteiger charge is 2.23. The van der Waals surface area contributed by atoms with Crippen molar-refractivity contribution in [3.63, 3.8) is 0 Å². The van der Waals surface area contributed by atoms with Crippen LogP contribution >= 0.6 is 0 Å². The Morgan fingerprint density at radius 2 is 1.96 bits per heavy atom. The lowest BCUT2D eigenvalue weighted by molar-refractivity contribution is -0.142. The van der Waals surface area contributed by atoms with E-state index in [0.29, 0.717) is 25.1 Å². The van der Waals surface area contributed by atoms with Gasteiger partial charge in [0.1, 0.15) is 18.0 Å². The van der Waals surface area contributed by atoms with Crippen molar-refractivity contribution in [2.24, 2.45) is 5.73 Å². The van der Waals surface area contributed by atoms with Gasteiger partial charge in [-0.05, 0) is 37.9 Å². The standard InChI is InChI=1S/C16H21N3O4/c17-10-5-4-8-14(16(22)23)19-15(21)13(9-11-20)18-12-6-2-1-3-7-12/h1-3,6-7,9,13-14,18H,4-5,8,10,17H2,(H,19,21)(H,22,23). The van der Waals surface area contributed by atoms with Gasteiger partial charge in [-0.15, -0.1) is 0 Å². The third-order valence-corrected chi connectivity index (χ3v) is 3.17. The van der Waals surface area contributed by atoms with Crippen LogP contribution in [0, 0.1) is 0 Å². The smallest absolute Gasteiger partial charge is 0.326 e. The molecule has 7 heteroatoms. The quantitative estimate of drug-likeness (QED) is 0.369. The van der Waals surface area contributed by atoms with Crippen LogP contribution in [0.4, 0.5) is 5.69 Å². The van der Waals surface area contributed by atoms with E-state index in [1.165, 1.54) is 0 Å². The van der Waals surface area contributed by atoms with Crippen LogP contribution in [0.1, 0.15) is 19.3 Å². The molecule has 2 unspecified atom stereocenters. The second kappa shape index (κ2) is 10.2. The lowest BCUT2D eigenvalue weighted by Crippen LogP contribution is -2.47. The van der Waals surface area contributed by atoms with Crippen LogP contribution in [0.5, 0.6) is 0 Å². The minimum atomic E-state index is -1.12. The maximum absolute atomic E-state index is 12.2. The Morgan fingerprint density at radius 3 is 2.52 bits per heavy atom. The molecule has 23 heavy (non-hydrogen) atoms. The van der Waals surface area contributed by atoms with Gasteiger partial charge >= 0.3 is 5.97 Å². The molecule has 2 atom stereocenters. The van der Waals surface area contributed by atoms with Crippen molar-refractivity contribution in [1.82, 2.24) is 5.32 Å². The summed E-state index contributed by atoms with van der Waals surface area (Å²) in [7, 11) is 0. The second-order valence-corrected chi connectivity index (χ2v) is 4.96. The summed E-state index contributed by atoms with van der Waals surface area (Å²) in [6.07, 6.45) is 2.57. The summed E-state index contributed by atoms with van der Waals surface area (Å²) in [5, 5.41) is 14.4. The first-order chi connectivity index (χ1) is 11.1. The fourth-order valence-electron chi connectivity index (χ4n) is 1.98. The number of nitrogens with two attached hydrogens (primary N) is 1. The molecular formula is C16H21N3O4. The summed E-state index contributed by atoms with van der Waals surface area (Å²) in [4.78, 5) is 34.0. The monoisotopic (exact) mass is 319 g/mol. The molecule has 7 nitrogen and oxygen atoms in total. The minimum absolute atomic E-state index is 0.279. The second-order valence-electron chi connectivity index (χ2n) is 4.96. The molecule has 0 spiro atoms. The van der Waals surface area contributed by atoms with Gasteiger partial charge in [0.2, 0.25) is 5.91 Å². The largest absolute Gasteiger partial charge is 0.480 e. The van der Waals surface area contributed by atoms with Crippen molar-refractivity contribution < 1.29 is 19.5 Å². The molecule has 0 fully saturated rings. The number of carboxylic acids is 1. The third kappa shape index (κ3) is 6.78. The number of hydrogen-bond donors (Lipinski definition) is 4. The Kier molecular flexibility index (Phi) is 8.13. The first-order valence-electron chi connectivity index (χ1n) is 7.34. The summed E-state index contributed by atoms with van der Waals surface area (Å²) < 4.78 is 0. The lowest BCUT2D eigenvalue weighted by Gasteiger charge is -2.19. The zero-order valence-electron chi connectivity index (χ0n) is 12.7. The van der Waals surface area contributed by atoms with E-state index in [2.05, 4.69) is 10.6 Å². The van der Waals surface area contributed by atoms with Crippen molar-refractivity contribution >= 4 is 23.5 Å². The maximum atomic E-state index is 12.2. The molecule has 0 saturated carbocycles. The Balaban J connectivity index is 2.71. The highest BCUT2D eigenvalue weighted by atomic mass is 16.4. The molecule has 0 saturated heterocycles. The van der Waals surface area contributed by atoms with E-state index in [4.69, 9.17) is 10.8 Å². The van der Waals surface area contributed by atoms with E-state index in [0.717, 1.165) is 6.08 Å². The molecule has 0 aliphatic rings. The van der Waals surface area contributed by atoms with E-state index >= 15 is 0 Å². The van der Waals surface area contributed by atoms with E-state index in [9.17, 15) is 14.4 Å². The van der Waals surface area contributed by atoms with Gasteiger partial charge in [0, 0.05) is 11.8 Å². The molecule has 1 rings (SSSR count). The molecule has 0 aromatic heterocycles. The molecule has 1 amide bonds. The van der Waals surface area contributed by atoms with Gasteiger partial charge in [-0.3, -0.25) is 4.79 Å². The van der Waals surface area contributed by atoms with Gasteiger partial charge in [0.15, 0.2) is 0 Å². The van der Waals surface area contributed by atoms with Crippen LogP contribution in [0.2, 0.25) is 0 Å². The minimum Gasteiger partial charge on any atom is -0.480 e. The number of carbonyl (C=O) groups excluding carboxylic acids is 2. The number of rotatable bonds is 10. The highest BCUT2D eigenvalue weighted by Crippen LogP contribution is 2.08. The first-order valence-corrected chi connectivity index (χ1v) is 7.34. The Labute approximate surface area is 134 Å². The first kappa shape index (κ1) is 18.4. The molecule has 0 radical (unpaired) electrons. The summed E-state index contributed by atoms with van der Waals surface area (Å²) >= 11 is 0. The number of amides is 1. The average Bonchev–Trinajstić information content (AvgIpc) is 2.54. The summed E-state index contributed by atoms with van der Waals surface area (Å²) in [6, 6.07) is 6.81. The van der Waals surface area contributed by atoms with E-state index < -0.39 is 24.0 Å². The fourth-order valence-corrected chi connectivity index (χ4v) is 1.98. The SMILES string of the molecule is NCCCCC(NC(=O)C(C=C=O)Nc1ccccc1)C(=O)O. The fraction of sp³-hybridized carbons (Fsp3) is 0.375. The highest BCUT2D eigenvalue weighted by molar-refractivity contribution is 5.91. The molecule has 0 heterocycles. The van der Waals surface area contributed by atoms with Gasteiger partial charge in [-0.2, -0.15) is 0 Å². The zero-order valence-corrected chi connectivity index (χ0v) is 12.7. The van der Waals surface area contributed by atoms with Crippen LogP contribution in [0.15, 0.2) is 36.4 Å². The van der Waals surface area contributed by atoms with Crippen molar-refractivity contribution in [1.29, 1.82) is 0 Å². The molecule has 1 aromatic carbocycles. The normalized spacial score (nSPS) is 12.6. The van der Waals surface area contributed by atoms with Crippen LogP contribution in [-0.4, -0.2) is 41.6 Å². The number of carbonyl (C=O) groups is 2. The van der Waals surface area contributed by atoms with Gasteiger partial charge in [-0.25, -0.2) is 9.59 Å². The van der Waals surface area contributed by atoms with Gasteiger partial charge in [0.25, 0.3) is 0 Å². The zero-order chi connectivity index (χ0) is 17.1. The van der Waals surface area contributed by atoms with Crippen molar-refractivity contribution in [3.8, 4) is 0 Å². The third-order valence-electron chi connectivity index (χ3n) is 3.17. The Morgan fingerprint density at radius 1 is 1.26 bits per heavy atom. The van der Waals surface area contributed by atoms with Crippen molar-refractivity contribution in [3.05, 3.63) is 36.4 Å². The van der Waals surface area contributed by atoms with E-state index in [1.54, 1.807) is 30.2 Å². The number of hydrogen-bond acceptors (Lipinski definition) is 5. The van der Waals surface area contributed by atoms with Crippen molar-refractivity contribution in [2.75, 3.05) is 11.9 Å². The number of anilines is 1. The Bertz CT molecular complexity index is 556. The summed E-state index contributed by atoms with van der Waals surface area (Å²) in [5.74, 6) is -0.160. The predicted octanol–water partition coefficient (Wildman–Crippen LogP) is 0.553. The number of aliphatic carboxylic acids is 1. The predicted molar refractivity (Wildman–Crippen MR) is 86.6 cm³/mol. The molecule has 1 aromatic rings. The van der Waals surface area contributed by atoms with Crippen LogP contribution in [-0.2, 0) is 14.4 Å². The van der Waals surface area contributed by atoms with E-state index in [-0.39, 0.29) is 6.42 Å². The molecule has 5 N–H and O–H groups in total. The summed E-state index contributed by atoms with van der Waals surface area (Å²) in [6.45, 7) is 0.465. The van der Waals surface area contributed by atoms with Crippen LogP contribution in [0.25, 0.3) is 0 Å². The Hall–Kier alpha value is -2.63. The van der Waals surface area contributed by atoms with Gasteiger partial charge in [-0.1, -0.05) is 18.2 Å². The average molecular weight is 319 g/mol. The maximum Gasteiger partial charge on any atom is 0.326 e. The van der Waals surface area contributed by atoms with E-state index in [1.807, 2.05) is 6.07 Å². The molecule has 0 aliphatic heterocycles. The number of carboxylic acid groups (broad SMARTS) is 1. The summed E-state index contributed by atoms with van der Waals surface area (Å²) in [5.41, 5.74) is 6.01. The van der Waals surface area contributed by atoms with Crippen LogP contribution in [0.3, 0.4) is 0 Å². The van der Waals surface area contributed by atoms with Crippen molar-refractivity contribution in [2.45, 2.75) is 31.3 Å². The molecule has 0 aliphatic carbocycles. The topological polar surface area (TPSA) is 122 Å². The van der Waals surface area contributed by atoms with Crippen LogP contribution < -0.4 is 16.4 Å². The number of para-hydroxylation sites is 1. The molecule has 124 valence electrons.